The van der Waals surface area contributed by atoms with Crippen LogP contribution in [0.5, 0.6) is 11.5 Å². The second kappa shape index (κ2) is 8.67. The molecule has 1 N–H and O–H groups in total. The molecule has 0 amide bonds. The van der Waals surface area contributed by atoms with Crippen LogP contribution in [0.3, 0.4) is 0 Å². The summed E-state index contributed by atoms with van der Waals surface area (Å²) in [6, 6.07) is 9.32. The quantitative estimate of drug-likeness (QED) is 0.646. The first-order chi connectivity index (χ1) is 11.4. The van der Waals surface area contributed by atoms with Gasteiger partial charge in [-0.3, -0.25) is 0 Å². The molecule has 24 heavy (non-hydrogen) atoms. The summed E-state index contributed by atoms with van der Waals surface area (Å²) < 4.78 is 10.9. The van der Waals surface area contributed by atoms with Gasteiger partial charge in [-0.15, -0.1) is 0 Å². The number of carbonyl (C=O) groups is 1. The summed E-state index contributed by atoms with van der Waals surface area (Å²) >= 11 is 23.6. The van der Waals surface area contributed by atoms with Gasteiger partial charge in [0.2, 0.25) is 0 Å². The molecule has 4 nitrogen and oxygen atoms in total. The third-order valence-corrected chi connectivity index (χ3v) is 4.03. The van der Waals surface area contributed by atoms with Gasteiger partial charge >= 0.3 is 5.97 Å². The van der Waals surface area contributed by atoms with Gasteiger partial charge < -0.3 is 14.6 Å². The highest BCUT2D eigenvalue weighted by atomic mass is 35.5. The number of hydrogen-bond donors (Lipinski definition) is 1. The van der Waals surface area contributed by atoms with Crippen LogP contribution in [0.4, 0.5) is 0 Å². The molecule has 0 saturated carbocycles. The van der Waals surface area contributed by atoms with Gasteiger partial charge in [-0.1, -0.05) is 46.4 Å². The first-order valence-corrected chi connectivity index (χ1v) is 8.30. The van der Waals surface area contributed by atoms with Gasteiger partial charge in [-0.2, -0.15) is 0 Å². The van der Waals surface area contributed by atoms with Crippen LogP contribution in [0.1, 0.15) is 6.42 Å². The van der Waals surface area contributed by atoms with E-state index in [-0.39, 0.29) is 23.8 Å². The Bertz CT molecular complexity index is 736. The molecule has 0 bridgehead atoms. The molecule has 2 aromatic carbocycles. The van der Waals surface area contributed by atoms with E-state index in [0.717, 1.165) is 0 Å². The summed E-state index contributed by atoms with van der Waals surface area (Å²) in [5.41, 5.74) is 0. The van der Waals surface area contributed by atoms with Crippen molar-refractivity contribution in [3.63, 3.8) is 0 Å². The van der Waals surface area contributed by atoms with E-state index in [9.17, 15) is 9.90 Å². The molecule has 2 rings (SSSR count). The number of carboxylic acids is 1. The Balaban J connectivity index is 1.97. The molecule has 0 aromatic heterocycles. The maximum Gasteiger partial charge on any atom is 0.345 e. The standard InChI is InChI=1S/C16H12Cl4O4/c17-9-1-3-13(11(19)7-9)23-6-5-15(16(21)22)24-14-4-2-10(18)8-12(14)20/h1-4,7-8,15H,5-6H2,(H,21,22). The second-order valence-corrected chi connectivity index (χ2v) is 6.42. The predicted octanol–water partition coefficient (Wildman–Crippen LogP) is 5.60. The minimum absolute atomic E-state index is 0.0868. The van der Waals surface area contributed by atoms with E-state index in [4.69, 9.17) is 55.9 Å². The Morgan fingerprint density at radius 2 is 1.50 bits per heavy atom. The molecule has 0 saturated heterocycles. The molecule has 1 unspecified atom stereocenters. The first-order valence-electron chi connectivity index (χ1n) is 6.79. The smallest absolute Gasteiger partial charge is 0.345 e. The molecule has 0 aliphatic carbocycles. The van der Waals surface area contributed by atoms with Gasteiger partial charge in [0, 0.05) is 16.5 Å². The average molecular weight is 410 g/mol. The van der Waals surface area contributed by atoms with Gasteiger partial charge in [-0.05, 0) is 36.4 Å². The molecule has 0 fully saturated rings. The first kappa shape index (κ1) is 19.0. The van der Waals surface area contributed by atoms with Gasteiger partial charge in [0.25, 0.3) is 0 Å². The summed E-state index contributed by atoms with van der Waals surface area (Å²) in [5, 5.41) is 10.8. The zero-order chi connectivity index (χ0) is 17.7. The minimum atomic E-state index is -1.13. The largest absolute Gasteiger partial charge is 0.492 e. The molecule has 8 heteroatoms. The number of halogens is 4. The summed E-state index contributed by atoms with van der Waals surface area (Å²) in [6.07, 6.45) is -1.04. The van der Waals surface area contributed by atoms with Crippen LogP contribution in [0.15, 0.2) is 36.4 Å². The molecular weight excluding hydrogens is 398 g/mol. The SMILES string of the molecule is O=C(O)C(CCOc1ccc(Cl)cc1Cl)Oc1ccc(Cl)cc1Cl. The Hall–Kier alpha value is -1.33. The van der Waals surface area contributed by atoms with Crippen molar-refractivity contribution in [2.24, 2.45) is 0 Å². The van der Waals surface area contributed by atoms with E-state index in [0.29, 0.717) is 20.8 Å². The molecule has 2 aromatic rings. The van der Waals surface area contributed by atoms with Crippen molar-refractivity contribution in [3.05, 3.63) is 56.5 Å². The summed E-state index contributed by atoms with van der Waals surface area (Å²) in [5.74, 6) is -0.487. The molecule has 128 valence electrons. The topological polar surface area (TPSA) is 55.8 Å². The lowest BCUT2D eigenvalue weighted by atomic mass is 10.2. The van der Waals surface area contributed by atoms with Crippen LogP contribution in [-0.2, 0) is 4.79 Å². The molecule has 0 aliphatic rings. The molecule has 0 spiro atoms. The van der Waals surface area contributed by atoms with Crippen LogP contribution in [0.25, 0.3) is 0 Å². The molecule has 0 radical (unpaired) electrons. The molecule has 0 aliphatic heterocycles. The van der Waals surface area contributed by atoms with E-state index < -0.39 is 12.1 Å². The fourth-order valence-corrected chi connectivity index (χ4v) is 2.74. The van der Waals surface area contributed by atoms with Gasteiger partial charge in [0.1, 0.15) is 11.5 Å². The highest BCUT2D eigenvalue weighted by Crippen LogP contribution is 2.30. The third kappa shape index (κ3) is 5.35. The lowest BCUT2D eigenvalue weighted by Crippen LogP contribution is -2.29. The van der Waals surface area contributed by atoms with E-state index in [1.54, 1.807) is 18.2 Å². The van der Waals surface area contributed by atoms with Gasteiger partial charge in [0.15, 0.2) is 6.10 Å². The normalized spacial score (nSPS) is 11.8. The highest BCUT2D eigenvalue weighted by Gasteiger charge is 2.21. The second-order valence-electron chi connectivity index (χ2n) is 4.73. The zero-order valence-electron chi connectivity index (χ0n) is 12.1. The van der Waals surface area contributed by atoms with Crippen molar-refractivity contribution in [2.45, 2.75) is 12.5 Å². The van der Waals surface area contributed by atoms with Crippen LogP contribution < -0.4 is 9.47 Å². The average Bonchev–Trinajstić information content (AvgIpc) is 2.50. The van der Waals surface area contributed by atoms with Crippen molar-refractivity contribution in [1.29, 1.82) is 0 Å². The summed E-state index contributed by atoms with van der Waals surface area (Å²) in [7, 11) is 0. The number of hydrogen-bond acceptors (Lipinski definition) is 3. The predicted molar refractivity (Wildman–Crippen MR) is 95.1 cm³/mol. The van der Waals surface area contributed by atoms with Gasteiger partial charge in [0.05, 0.1) is 16.7 Å². The van der Waals surface area contributed by atoms with E-state index in [2.05, 4.69) is 0 Å². The Kier molecular flexibility index (Phi) is 6.87. The van der Waals surface area contributed by atoms with Gasteiger partial charge in [-0.25, -0.2) is 4.79 Å². The maximum absolute atomic E-state index is 11.3. The van der Waals surface area contributed by atoms with Crippen LogP contribution in [0.2, 0.25) is 20.1 Å². The number of benzene rings is 2. The number of carboxylic acid groups (broad SMARTS) is 1. The lowest BCUT2D eigenvalue weighted by molar-refractivity contribution is -0.145. The van der Waals surface area contributed by atoms with Crippen LogP contribution in [0, 0.1) is 0 Å². The summed E-state index contributed by atoms with van der Waals surface area (Å²) in [6.45, 7) is 0.0868. The minimum Gasteiger partial charge on any atom is -0.492 e. The molecule has 1 atom stereocenters. The number of aliphatic carboxylic acids is 1. The number of rotatable bonds is 7. The van der Waals surface area contributed by atoms with Crippen molar-refractivity contribution >= 4 is 52.4 Å². The van der Waals surface area contributed by atoms with E-state index in [1.165, 1.54) is 18.2 Å². The zero-order valence-corrected chi connectivity index (χ0v) is 15.2. The fourth-order valence-electron chi connectivity index (χ4n) is 1.83. The Labute approximate surface area is 158 Å². The highest BCUT2D eigenvalue weighted by molar-refractivity contribution is 6.36. The number of ether oxygens (including phenoxy) is 2. The van der Waals surface area contributed by atoms with Crippen molar-refractivity contribution in [2.75, 3.05) is 6.61 Å². The Morgan fingerprint density at radius 3 is 2.00 bits per heavy atom. The fraction of sp³-hybridized carbons (Fsp3) is 0.188. The Morgan fingerprint density at radius 1 is 0.958 bits per heavy atom. The van der Waals surface area contributed by atoms with Crippen LogP contribution in [-0.4, -0.2) is 23.8 Å². The summed E-state index contributed by atoms with van der Waals surface area (Å²) in [4.78, 5) is 11.3. The van der Waals surface area contributed by atoms with Crippen molar-refractivity contribution < 1.29 is 19.4 Å². The van der Waals surface area contributed by atoms with E-state index in [1.807, 2.05) is 0 Å². The van der Waals surface area contributed by atoms with Crippen molar-refractivity contribution in [1.82, 2.24) is 0 Å². The molecule has 0 heterocycles. The van der Waals surface area contributed by atoms with Crippen molar-refractivity contribution in [3.8, 4) is 11.5 Å². The third-order valence-electron chi connectivity index (χ3n) is 2.97. The monoisotopic (exact) mass is 408 g/mol. The van der Waals surface area contributed by atoms with E-state index >= 15 is 0 Å². The lowest BCUT2D eigenvalue weighted by Gasteiger charge is -2.17. The maximum atomic E-state index is 11.3. The molecular formula is C16H12Cl4O4. The van der Waals surface area contributed by atoms with Crippen LogP contribution >= 0.6 is 46.4 Å².